The zero-order chi connectivity index (χ0) is 18.1. The number of ether oxygens (including phenoxy) is 1. The molecule has 0 unspecified atom stereocenters. The number of H-pyrrole nitrogens is 1. The van der Waals surface area contributed by atoms with Crippen molar-refractivity contribution in [2.24, 2.45) is 0 Å². The lowest BCUT2D eigenvalue weighted by Gasteiger charge is -2.47. The molecule has 136 valence electrons. The summed E-state index contributed by atoms with van der Waals surface area (Å²) in [5.41, 5.74) is 0.800. The van der Waals surface area contributed by atoms with Crippen molar-refractivity contribution < 1.29 is 9.53 Å². The fraction of sp³-hybridized carbons (Fsp3) is 0.750. The molecule has 1 aliphatic heterocycles. The highest BCUT2D eigenvalue weighted by atomic mass is 79.9. The molecule has 1 N–H and O–H groups in total. The van der Waals surface area contributed by atoms with E-state index in [0.717, 1.165) is 28.6 Å². The van der Waals surface area contributed by atoms with Crippen molar-refractivity contribution in [3.63, 3.8) is 0 Å². The van der Waals surface area contributed by atoms with Crippen LogP contribution in [0.4, 0.5) is 10.6 Å². The summed E-state index contributed by atoms with van der Waals surface area (Å²) in [4.78, 5) is 16.4. The summed E-state index contributed by atoms with van der Waals surface area (Å²) in [5, 5.41) is 7.41. The second-order valence-corrected chi connectivity index (χ2v) is 14.7. The topological polar surface area (TPSA) is 61.5 Å². The van der Waals surface area contributed by atoms with E-state index in [1.165, 1.54) is 0 Å². The second-order valence-electron chi connectivity index (χ2n) is 8.30. The third-order valence-corrected chi connectivity index (χ3v) is 7.00. The summed E-state index contributed by atoms with van der Waals surface area (Å²) in [6.07, 6.45) is -0.196. The van der Waals surface area contributed by atoms with Crippen LogP contribution in [-0.2, 0) is 4.74 Å². The highest BCUT2D eigenvalue weighted by Gasteiger charge is 2.38. The van der Waals surface area contributed by atoms with Gasteiger partial charge in [-0.3, -0.25) is 5.10 Å². The Balaban J connectivity index is 1.98. The molecule has 6 nitrogen and oxygen atoms in total. The predicted molar refractivity (Wildman–Crippen MR) is 104 cm³/mol. The van der Waals surface area contributed by atoms with Crippen LogP contribution in [-0.4, -0.2) is 61.0 Å². The maximum Gasteiger partial charge on any atom is 0.409 e. The highest BCUT2D eigenvalue weighted by molar-refractivity contribution is 9.10. The van der Waals surface area contributed by atoms with Crippen LogP contribution >= 0.6 is 15.9 Å². The number of aryl methyl sites for hydroxylation is 1. The first-order chi connectivity index (χ1) is 11.0. The number of piperazine rings is 1. The molecule has 0 aromatic carbocycles. The summed E-state index contributed by atoms with van der Waals surface area (Å²) in [6, 6.07) is 1.00. The van der Waals surface area contributed by atoms with Crippen molar-refractivity contribution >= 4 is 35.9 Å². The van der Waals surface area contributed by atoms with Crippen LogP contribution in [0.2, 0.25) is 25.7 Å². The molecule has 8 heteroatoms. The molecule has 0 radical (unpaired) electrons. The Hall–Kier alpha value is -1.02. The van der Waals surface area contributed by atoms with Crippen molar-refractivity contribution in [2.45, 2.75) is 52.0 Å². The SMILES string of the molecule is Cc1[nH]nc(N2CCN(C(=O)OCC[Si](C)(C)C)CC2(C)C)c1Br. The molecular formula is C16H29BrN4O2Si. The minimum absolute atomic E-state index is 0.196. The second kappa shape index (κ2) is 7.07. The van der Waals surface area contributed by atoms with Crippen molar-refractivity contribution in [2.75, 3.05) is 31.1 Å². The molecule has 1 aliphatic rings. The quantitative estimate of drug-likeness (QED) is 0.756. The molecular weight excluding hydrogens is 388 g/mol. The molecule has 1 saturated heterocycles. The number of nitrogens with zero attached hydrogens (tertiary/aromatic N) is 3. The molecule has 0 saturated carbocycles. The van der Waals surface area contributed by atoms with Gasteiger partial charge < -0.3 is 14.5 Å². The third kappa shape index (κ3) is 4.53. The lowest BCUT2D eigenvalue weighted by Crippen LogP contribution is -2.61. The van der Waals surface area contributed by atoms with Gasteiger partial charge in [-0.25, -0.2) is 4.79 Å². The van der Waals surface area contributed by atoms with Crippen molar-refractivity contribution in [1.82, 2.24) is 15.1 Å². The molecule has 0 atom stereocenters. The molecule has 0 spiro atoms. The number of carbonyl (C=O) groups excluding carboxylic acids is 1. The van der Waals surface area contributed by atoms with E-state index in [4.69, 9.17) is 4.74 Å². The lowest BCUT2D eigenvalue weighted by molar-refractivity contribution is 0.0906. The van der Waals surface area contributed by atoms with Gasteiger partial charge in [-0.2, -0.15) is 5.10 Å². The van der Waals surface area contributed by atoms with E-state index >= 15 is 0 Å². The van der Waals surface area contributed by atoms with Crippen molar-refractivity contribution in [1.29, 1.82) is 0 Å². The summed E-state index contributed by atoms with van der Waals surface area (Å²) >= 11 is 3.60. The molecule has 2 heterocycles. The fourth-order valence-corrected chi connectivity index (χ4v) is 3.93. The number of hydrogen-bond acceptors (Lipinski definition) is 4. The fourth-order valence-electron chi connectivity index (χ4n) is 2.82. The zero-order valence-electron chi connectivity index (χ0n) is 15.6. The normalized spacial score (nSPS) is 18.0. The van der Waals surface area contributed by atoms with E-state index in [0.29, 0.717) is 19.7 Å². The van der Waals surface area contributed by atoms with E-state index in [-0.39, 0.29) is 11.6 Å². The third-order valence-electron chi connectivity index (χ3n) is 4.35. The van der Waals surface area contributed by atoms with E-state index in [1.807, 2.05) is 11.8 Å². The Morgan fingerprint density at radius 1 is 1.38 bits per heavy atom. The average molecular weight is 417 g/mol. The Bertz CT molecular complexity index is 597. The largest absolute Gasteiger partial charge is 0.450 e. The van der Waals surface area contributed by atoms with E-state index < -0.39 is 8.07 Å². The van der Waals surface area contributed by atoms with Gasteiger partial charge in [0.2, 0.25) is 0 Å². The summed E-state index contributed by atoms with van der Waals surface area (Å²) in [7, 11) is -1.18. The maximum absolute atomic E-state index is 12.4. The Morgan fingerprint density at radius 2 is 2.04 bits per heavy atom. The maximum atomic E-state index is 12.4. The molecule has 1 aromatic rings. The van der Waals surface area contributed by atoms with Gasteiger partial charge in [0.1, 0.15) is 0 Å². The van der Waals surface area contributed by atoms with Gasteiger partial charge in [-0.05, 0) is 42.7 Å². The number of amides is 1. The number of aromatic nitrogens is 2. The van der Waals surface area contributed by atoms with Gasteiger partial charge in [0.25, 0.3) is 0 Å². The van der Waals surface area contributed by atoms with Gasteiger partial charge in [0.15, 0.2) is 5.82 Å². The monoisotopic (exact) mass is 416 g/mol. The first-order valence-electron chi connectivity index (χ1n) is 8.41. The van der Waals surface area contributed by atoms with Gasteiger partial charge >= 0.3 is 6.09 Å². The Morgan fingerprint density at radius 3 is 2.54 bits per heavy atom. The summed E-state index contributed by atoms with van der Waals surface area (Å²) in [5.74, 6) is 0.907. The molecule has 1 fully saturated rings. The van der Waals surface area contributed by atoms with Gasteiger partial charge in [0, 0.05) is 33.4 Å². The summed E-state index contributed by atoms with van der Waals surface area (Å²) < 4.78 is 6.48. The number of aromatic amines is 1. The van der Waals surface area contributed by atoms with Gasteiger partial charge in [0.05, 0.1) is 16.6 Å². The smallest absolute Gasteiger partial charge is 0.409 e. The minimum atomic E-state index is -1.18. The van der Waals surface area contributed by atoms with Crippen molar-refractivity contribution in [3.8, 4) is 0 Å². The predicted octanol–water partition coefficient (Wildman–Crippen LogP) is 3.86. The lowest BCUT2D eigenvalue weighted by atomic mass is 9.99. The van der Waals surface area contributed by atoms with Crippen LogP contribution in [0.1, 0.15) is 19.5 Å². The van der Waals surface area contributed by atoms with Gasteiger partial charge in [-0.1, -0.05) is 19.6 Å². The average Bonchev–Trinajstić information content (AvgIpc) is 2.76. The number of carbonyl (C=O) groups is 1. The van der Waals surface area contributed by atoms with E-state index in [9.17, 15) is 4.79 Å². The first-order valence-corrected chi connectivity index (χ1v) is 12.9. The highest BCUT2D eigenvalue weighted by Crippen LogP contribution is 2.33. The van der Waals surface area contributed by atoms with E-state index in [1.54, 1.807) is 0 Å². The van der Waals surface area contributed by atoms with Crippen LogP contribution in [0.5, 0.6) is 0 Å². The van der Waals surface area contributed by atoms with Crippen LogP contribution < -0.4 is 4.90 Å². The van der Waals surface area contributed by atoms with Crippen LogP contribution in [0.25, 0.3) is 0 Å². The number of halogens is 1. The number of rotatable bonds is 4. The molecule has 24 heavy (non-hydrogen) atoms. The molecule has 2 rings (SSSR count). The Labute approximate surface area is 154 Å². The minimum Gasteiger partial charge on any atom is -0.450 e. The number of hydrogen-bond donors (Lipinski definition) is 1. The number of anilines is 1. The van der Waals surface area contributed by atoms with Crippen LogP contribution in [0.15, 0.2) is 4.47 Å². The number of nitrogens with one attached hydrogen (secondary N) is 1. The molecule has 1 aromatic heterocycles. The van der Waals surface area contributed by atoms with Crippen LogP contribution in [0, 0.1) is 6.92 Å². The Kier molecular flexibility index (Phi) is 5.69. The van der Waals surface area contributed by atoms with Crippen LogP contribution in [0.3, 0.4) is 0 Å². The van der Waals surface area contributed by atoms with Gasteiger partial charge in [-0.15, -0.1) is 0 Å². The summed E-state index contributed by atoms with van der Waals surface area (Å²) in [6.45, 7) is 15.6. The molecule has 0 aliphatic carbocycles. The zero-order valence-corrected chi connectivity index (χ0v) is 18.2. The molecule has 0 bridgehead atoms. The standard InChI is InChI=1S/C16H29BrN4O2Si/c1-12-13(17)14(19-18-12)21-8-7-20(11-16(21,2)3)15(22)23-9-10-24(4,5)6/h7-11H2,1-6H3,(H,18,19). The van der Waals surface area contributed by atoms with E-state index in [2.05, 4.69) is 64.5 Å². The van der Waals surface area contributed by atoms with Crippen molar-refractivity contribution in [3.05, 3.63) is 10.2 Å². The first kappa shape index (κ1) is 19.3. The molecule has 1 amide bonds.